The summed E-state index contributed by atoms with van der Waals surface area (Å²) < 4.78 is 40.6. The van der Waals surface area contributed by atoms with Gasteiger partial charge in [0.2, 0.25) is 0 Å². The molecule has 3 nitrogen and oxygen atoms in total. The Bertz CT molecular complexity index is 554. The molecule has 1 saturated heterocycles. The van der Waals surface area contributed by atoms with Crippen LogP contribution in [0.3, 0.4) is 0 Å². The Morgan fingerprint density at radius 3 is 2.41 bits per heavy atom. The van der Waals surface area contributed by atoms with Crippen molar-refractivity contribution in [2.45, 2.75) is 25.1 Å². The monoisotopic (exact) mass is 378 g/mol. The minimum Gasteiger partial charge on any atom is -0.506 e. The van der Waals surface area contributed by atoms with Gasteiger partial charge in [0.15, 0.2) is 0 Å². The van der Waals surface area contributed by atoms with Crippen LogP contribution in [0.2, 0.25) is 0 Å². The first kappa shape index (κ1) is 16.1. The fourth-order valence-corrected chi connectivity index (χ4v) is 3.56. The van der Waals surface area contributed by atoms with Crippen LogP contribution in [-0.4, -0.2) is 36.2 Å². The van der Waals surface area contributed by atoms with Crippen LogP contribution in [-0.2, 0) is 6.18 Å². The molecular formula is C15H18BrF3N2O. The molecule has 2 fully saturated rings. The van der Waals surface area contributed by atoms with Crippen molar-refractivity contribution in [3.05, 3.63) is 27.7 Å². The number of halogens is 4. The Morgan fingerprint density at radius 2 is 1.86 bits per heavy atom. The minimum atomic E-state index is -4.46. The van der Waals surface area contributed by atoms with E-state index in [-0.39, 0.29) is 23.3 Å². The highest BCUT2D eigenvalue weighted by atomic mass is 79.9. The van der Waals surface area contributed by atoms with Crippen molar-refractivity contribution < 1.29 is 18.3 Å². The second kappa shape index (κ2) is 6.02. The molecule has 122 valence electrons. The van der Waals surface area contributed by atoms with E-state index in [4.69, 9.17) is 0 Å². The van der Waals surface area contributed by atoms with Gasteiger partial charge < -0.3 is 10.4 Å². The SMILES string of the molecule is Oc1c(Br)ccc(C(F)(F)F)c1[C@H](C1CC1)N1CCNCC1. The van der Waals surface area contributed by atoms with Crippen LogP contribution >= 0.6 is 15.9 Å². The summed E-state index contributed by atoms with van der Waals surface area (Å²) in [5.41, 5.74) is -0.685. The maximum absolute atomic E-state index is 13.4. The molecule has 0 amide bonds. The summed E-state index contributed by atoms with van der Waals surface area (Å²) in [6.07, 6.45) is -2.63. The summed E-state index contributed by atoms with van der Waals surface area (Å²) in [5, 5.41) is 13.5. The number of piperazine rings is 1. The normalized spacial score (nSPS) is 21.8. The van der Waals surface area contributed by atoms with Crippen molar-refractivity contribution in [3.8, 4) is 5.75 Å². The molecule has 2 N–H and O–H groups in total. The van der Waals surface area contributed by atoms with Gasteiger partial charge in [-0.05, 0) is 46.8 Å². The zero-order valence-electron chi connectivity index (χ0n) is 12.0. The lowest BCUT2D eigenvalue weighted by Crippen LogP contribution is -2.46. The molecule has 0 radical (unpaired) electrons. The van der Waals surface area contributed by atoms with Crippen LogP contribution in [0.4, 0.5) is 13.2 Å². The molecular weight excluding hydrogens is 361 g/mol. The van der Waals surface area contributed by atoms with Crippen molar-refractivity contribution in [2.24, 2.45) is 5.92 Å². The lowest BCUT2D eigenvalue weighted by molar-refractivity contribution is -0.139. The Morgan fingerprint density at radius 1 is 1.23 bits per heavy atom. The number of nitrogens with one attached hydrogen (secondary N) is 1. The zero-order valence-corrected chi connectivity index (χ0v) is 13.5. The number of nitrogens with zero attached hydrogens (tertiary/aromatic N) is 1. The maximum atomic E-state index is 13.4. The maximum Gasteiger partial charge on any atom is 0.416 e. The van der Waals surface area contributed by atoms with Gasteiger partial charge in [-0.3, -0.25) is 4.90 Å². The highest BCUT2D eigenvalue weighted by Crippen LogP contribution is 2.51. The summed E-state index contributed by atoms with van der Waals surface area (Å²) in [6, 6.07) is 1.97. The first-order chi connectivity index (χ1) is 10.4. The van der Waals surface area contributed by atoms with Crippen LogP contribution in [0.25, 0.3) is 0 Å². The van der Waals surface area contributed by atoms with Crippen molar-refractivity contribution in [2.75, 3.05) is 26.2 Å². The smallest absolute Gasteiger partial charge is 0.416 e. The number of benzene rings is 1. The zero-order chi connectivity index (χ0) is 15.9. The van der Waals surface area contributed by atoms with Gasteiger partial charge in [-0.2, -0.15) is 13.2 Å². The van der Waals surface area contributed by atoms with E-state index in [1.807, 2.05) is 0 Å². The lowest BCUT2D eigenvalue weighted by atomic mass is 9.93. The van der Waals surface area contributed by atoms with Crippen LogP contribution in [0.15, 0.2) is 16.6 Å². The molecule has 1 saturated carbocycles. The van der Waals surface area contributed by atoms with Crippen LogP contribution in [0.5, 0.6) is 5.75 Å². The van der Waals surface area contributed by atoms with Gasteiger partial charge in [-0.1, -0.05) is 0 Å². The standard InChI is InChI=1S/C15H18BrF3N2O/c16-11-4-3-10(15(17,18)19)12(14(11)22)13(9-1-2-9)21-7-5-20-6-8-21/h3-4,9,13,20,22H,1-2,5-8H2/t13-/m0/s1. The molecule has 0 aromatic heterocycles. The van der Waals surface area contributed by atoms with Gasteiger partial charge >= 0.3 is 6.18 Å². The summed E-state index contributed by atoms with van der Waals surface area (Å²) in [4.78, 5) is 2.07. The molecule has 1 heterocycles. The number of aromatic hydroxyl groups is 1. The van der Waals surface area contributed by atoms with Gasteiger partial charge in [-0.25, -0.2) is 0 Å². The average Bonchev–Trinajstić information content (AvgIpc) is 3.28. The molecule has 7 heteroatoms. The fourth-order valence-electron chi connectivity index (χ4n) is 3.22. The van der Waals surface area contributed by atoms with E-state index < -0.39 is 11.7 Å². The van der Waals surface area contributed by atoms with E-state index in [1.54, 1.807) is 0 Å². The van der Waals surface area contributed by atoms with E-state index >= 15 is 0 Å². The summed E-state index contributed by atoms with van der Waals surface area (Å²) in [5.74, 6) is -0.0790. The molecule has 22 heavy (non-hydrogen) atoms. The Kier molecular flexibility index (Phi) is 4.40. The van der Waals surface area contributed by atoms with Crippen molar-refractivity contribution >= 4 is 15.9 Å². The molecule has 2 aliphatic rings. The Labute approximate surface area is 135 Å². The number of phenolic OH excluding ortho intramolecular Hbond substituents is 1. The van der Waals surface area contributed by atoms with Gasteiger partial charge in [-0.15, -0.1) is 0 Å². The predicted molar refractivity (Wildman–Crippen MR) is 80.7 cm³/mol. The predicted octanol–water partition coefficient (Wildman–Crippen LogP) is 3.53. The van der Waals surface area contributed by atoms with Crippen molar-refractivity contribution in [1.29, 1.82) is 0 Å². The van der Waals surface area contributed by atoms with Gasteiger partial charge in [0.25, 0.3) is 0 Å². The third kappa shape index (κ3) is 3.12. The van der Waals surface area contributed by atoms with Crippen LogP contribution in [0, 0.1) is 5.92 Å². The highest BCUT2D eigenvalue weighted by molar-refractivity contribution is 9.10. The van der Waals surface area contributed by atoms with Gasteiger partial charge in [0.05, 0.1) is 10.0 Å². The molecule has 1 atom stereocenters. The molecule has 0 unspecified atom stereocenters. The highest BCUT2D eigenvalue weighted by Gasteiger charge is 2.44. The summed E-state index contributed by atoms with van der Waals surface area (Å²) >= 11 is 3.16. The van der Waals surface area contributed by atoms with Crippen molar-refractivity contribution in [1.82, 2.24) is 10.2 Å². The van der Waals surface area contributed by atoms with E-state index in [9.17, 15) is 18.3 Å². The van der Waals surface area contributed by atoms with E-state index in [2.05, 4.69) is 26.1 Å². The lowest BCUT2D eigenvalue weighted by Gasteiger charge is -2.37. The first-order valence-electron chi connectivity index (χ1n) is 7.43. The Balaban J connectivity index is 2.08. The molecule has 1 aromatic rings. The Hall–Kier alpha value is -0.790. The third-order valence-electron chi connectivity index (χ3n) is 4.38. The molecule has 0 bridgehead atoms. The van der Waals surface area contributed by atoms with E-state index in [0.717, 1.165) is 32.0 Å². The number of hydrogen-bond donors (Lipinski definition) is 2. The first-order valence-corrected chi connectivity index (χ1v) is 8.22. The van der Waals surface area contributed by atoms with E-state index in [1.165, 1.54) is 6.07 Å². The van der Waals surface area contributed by atoms with Gasteiger partial charge in [0, 0.05) is 37.8 Å². The largest absolute Gasteiger partial charge is 0.506 e. The second-order valence-electron chi connectivity index (χ2n) is 5.92. The van der Waals surface area contributed by atoms with E-state index in [0.29, 0.717) is 17.6 Å². The van der Waals surface area contributed by atoms with Gasteiger partial charge in [0.1, 0.15) is 5.75 Å². The minimum absolute atomic E-state index is 0.0336. The molecule has 0 spiro atoms. The fraction of sp³-hybridized carbons (Fsp3) is 0.600. The topological polar surface area (TPSA) is 35.5 Å². The number of hydrogen-bond acceptors (Lipinski definition) is 3. The third-order valence-corrected chi connectivity index (χ3v) is 5.02. The van der Waals surface area contributed by atoms with Crippen molar-refractivity contribution in [3.63, 3.8) is 0 Å². The molecule has 1 aromatic carbocycles. The van der Waals surface area contributed by atoms with Crippen LogP contribution < -0.4 is 5.32 Å². The summed E-state index contributed by atoms with van der Waals surface area (Å²) in [6.45, 7) is 2.92. The molecule has 1 aliphatic carbocycles. The van der Waals surface area contributed by atoms with Crippen LogP contribution in [0.1, 0.15) is 30.0 Å². The number of rotatable bonds is 3. The molecule has 3 rings (SSSR count). The molecule has 1 aliphatic heterocycles. The summed E-state index contributed by atoms with van der Waals surface area (Å²) in [7, 11) is 0. The second-order valence-corrected chi connectivity index (χ2v) is 6.78. The number of phenols is 1. The quantitative estimate of drug-likeness (QED) is 0.844. The average molecular weight is 379 g/mol. The number of alkyl halides is 3.